The van der Waals surface area contributed by atoms with Crippen LogP contribution in [-0.4, -0.2) is 27.7 Å². The molecule has 0 saturated carbocycles. The topological polar surface area (TPSA) is 101 Å². The minimum atomic E-state index is -3.60. The maximum Gasteiger partial charge on any atom is 0.242 e. The van der Waals surface area contributed by atoms with Crippen LogP contribution >= 0.6 is 0 Å². The highest BCUT2D eigenvalue weighted by atomic mass is 32.2. The summed E-state index contributed by atoms with van der Waals surface area (Å²) in [5.74, 6) is 0.707. The van der Waals surface area contributed by atoms with Crippen LogP contribution in [0.4, 0.5) is 11.4 Å². The van der Waals surface area contributed by atoms with Crippen molar-refractivity contribution < 1.29 is 12.9 Å². The van der Waals surface area contributed by atoms with Crippen molar-refractivity contribution in [3.8, 4) is 0 Å². The van der Waals surface area contributed by atoms with Crippen LogP contribution in [-0.2, 0) is 16.6 Å². The van der Waals surface area contributed by atoms with E-state index in [1.54, 1.807) is 37.1 Å². The van der Waals surface area contributed by atoms with Crippen LogP contribution in [0, 0.1) is 6.92 Å². The van der Waals surface area contributed by atoms with Crippen molar-refractivity contribution in [1.29, 1.82) is 0 Å². The number of nitrogens with zero attached hydrogens (tertiary/aromatic N) is 2. The lowest BCUT2D eigenvalue weighted by molar-refractivity contribution is 0.390. The van der Waals surface area contributed by atoms with Crippen LogP contribution in [0.25, 0.3) is 0 Å². The number of aryl methyl sites for hydroxylation is 1. The van der Waals surface area contributed by atoms with E-state index in [-0.39, 0.29) is 4.90 Å². The number of benzene rings is 1. The van der Waals surface area contributed by atoms with E-state index in [1.165, 1.54) is 13.1 Å². The lowest BCUT2D eigenvalue weighted by atomic mass is 10.2. The normalized spacial score (nSPS) is 11.6. The molecule has 0 aliphatic carbocycles. The Hall–Kier alpha value is -2.06. The van der Waals surface area contributed by atoms with E-state index < -0.39 is 10.0 Å². The smallest absolute Gasteiger partial charge is 0.242 e. The van der Waals surface area contributed by atoms with E-state index in [2.05, 4.69) is 9.88 Å². The van der Waals surface area contributed by atoms with Gasteiger partial charge in [0.2, 0.25) is 10.0 Å². The molecule has 21 heavy (non-hydrogen) atoms. The molecule has 1 heterocycles. The molecular formula is C13H18N4O3S. The number of anilines is 2. The molecule has 0 saturated heterocycles. The monoisotopic (exact) mass is 310 g/mol. The fourth-order valence-corrected chi connectivity index (χ4v) is 3.00. The zero-order valence-corrected chi connectivity index (χ0v) is 12.9. The average molecular weight is 310 g/mol. The molecule has 0 amide bonds. The summed E-state index contributed by atoms with van der Waals surface area (Å²) in [4.78, 5) is 1.91. The fourth-order valence-electron chi connectivity index (χ4n) is 1.99. The number of sulfonamides is 1. The molecule has 0 unspecified atom stereocenters. The molecule has 0 aliphatic heterocycles. The Kier molecular flexibility index (Phi) is 4.19. The summed E-state index contributed by atoms with van der Waals surface area (Å²) >= 11 is 0. The van der Waals surface area contributed by atoms with Crippen molar-refractivity contribution in [1.82, 2.24) is 9.88 Å². The van der Waals surface area contributed by atoms with E-state index in [9.17, 15) is 8.42 Å². The number of nitrogens with two attached hydrogens (primary N) is 1. The number of nitrogens with one attached hydrogen (secondary N) is 1. The van der Waals surface area contributed by atoms with E-state index in [0.29, 0.717) is 23.7 Å². The second-order valence-corrected chi connectivity index (χ2v) is 6.57. The molecule has 0 fully saturated rings. The number of rotatable bonds is 5. The Morgan fingerprint density at radius 3 is 2.67 bits per heavy atom. The first-order valence-corrected chi connectivity index (χ1v) is 7.78. The Bertz CT molecular complexity index is 740. The van der Waals surface area contributed by atoms with Gasteiger partial charge in [0, 0.05) is 18.8 Å². The molecule has 1 aromatic heterocycles. The first kappa shape index (κ1) is 15.3. The number of hydrogen-bond acceptors (Lipinski definition) is 6. The van der Waals surface area contributed by atoms with Crippen molar-refractivity contribution in [3.05, 3.63) is 35.7 Å². The van der Waals surface area contributed by atoms with E-state index in [4.69, 9.17) is 10.3 Å². The van der Waals surface area contributed by atoms with Gasteiger partial charge in [0.25, 0.3) is 0 Å². The van der Waals surface area contributed by atoms with Gasteiger partial charge in [-0.3, -0.25) is 0 Å². The summed E-state index contributed by atoms with van der Waals surface area (Å²) < 4.78 is 31.5. The highest BCUT2D eigenvalue weighted by molar-refractivity contribution is 7.89. The zero-order valence-electron chi connectivity index (χ0n) is 12.1. The highest BCUT2D eigenvalue weighted by Crippen LogP contribution is 2.27. The summed E-state index contributed by atoms with van der Waals surface area (Å²) in [7, 11) is -0.453. The third kappa shape index (κ3) is 3.34. The van der Waals surface area contributed by atoms with Crippen molar-refractivity contribution in [2.75, 3.05) is 24.7 Å². The minimum Gasteiger partial charge on any atom is -0.399 e. The molecule has 0 spiro atoms. The van der Waals surface area contributed by atoms with Gasteiger partial charge in [0.05, 0.1) is 12.2 Å². The first-order valence-electron chi connectivity index (χ1n) is 6.30. The fraction of sp³-hybridized carbons (Fsp3) is 0.308. The minimum absolute atomic E-state index is 0.132. The average Bonchev–Trinajstić information content (AvgIpc) is 2.83. The molecule has 3 N–H and O–H groups in total. The lowest BCUT2D eigenvalue weighted by Crippen LogP contribution is -2.24. The van der Waals surface area contributed by atoms with Crippen LogP contribution in [0.3, 0.4) is 0 Å². The molecular weight excluding hydrogens is 292 g/mol. The molecule has 0 radical (unpaired) electrons. The van der Waals surface area contributed by atoms with Crippen LogP contribution in [0.15, 0.2) is 33.7 Å². The molecule has 1 aromatic carbocycles. The van der Waals surface area contributed by atoms with Crippen LogP contribution in [0.5, 0.6) is 0 Å². The number of nitrogen functional groups attached to an aromatic ring is 1. The molecule has 0 bridgehead atoms. The maximum atomic E-state index is 12.1. The van der Waals surface area contributed by atoms with Crippen LogP contribution < -0.4 is 15.4 Å². The maximum absolute atomic E-state index is 12.1. The van der Waals surface area contributed by atoms with Crippen molar-refractivity contribution >= 4 is 21.4 Å². The zero-order chi connectivity index (χ0) is 15.6. The van der Waals surface area contributed by atoms with E-state index in [0.717, 1.165) is 5.69 Å². The van der Waals surface area contributed by atoms with Gasteiger partial charge in [-0.15, -0.1) is 0 Å². The summed E-state index contributed by atoms with van der Waals surface area (Å²) in [6, 6.07) is 6.58. The Labute approximate surface area is 123 Å². The van der Waals surface area contributed by atoms with Gasteiger partial charge in [-0.05, 0) is 32.2 Å². The molecule has 114 valence electrons. The molecule has 2 aromatic rings. The van der Waals surface area contributed by atoms with Crippen molar-refractivity contribution in [2.45, 2.75) is 18.4 Å². The lowest BCUT2D eigenvalue weighted by Gasteiger charge is -2.21. The third-order valence-electron chi connectivity index (χ3n) is 3.03. The summed E-state index contributed by atoms with van der Waals surface area (Å²) in [6.07, 6.45) is 0. The van der Waals surface area contributed by atoms with Crippen LogP contribution in [0.1, 0.15) is 11.5 Å². The van der Waals surface area contributed by atoms with Crippen molar-refractivity contribution in [2.24, 2.45) is 0 Å². The third-order valence-corrected chi connectivity index (χ3v) is 4.47. The molecule has 0 atom stereocenters. The molecule has 7 nitrogen and oxygen atoms in total. The summed E-state index contributed by atoms with van der Waals surface area (Å²) in [5.41, 5.74) is 7.35. The SMILES string of the molecule is CNS(=O)(=O)c1cc(N)ccc1N(C)Cc1cc(C)on1. The Morgan fingerprint density at radius 2 is 2.10 bits per heavy atom. The van der Waals surface area contributed by atoms with Gasteiger partial charge in [-0.1, -0.05) is 5.16 Å². The van der Waals surface area contributed by atoms with E-state index >= 15 is 0 Å². The van der Waals surface area contributed by atoms with Gasteiger partial charge in [0.1, 0.15) is 16.3 Å². The van der Waals surface area contributed by atoms with Gasteiger partial charge in [0.15, 0.2) is 0 Å². The van der Waals surface area contributed by atoms with Gasteiger partial charge < -0.3 is 15.2 Å². The summed E-state index contributed by atoms with van der Waals surface area (Å²) in [6.45, 7) is 2.23. The predicted molar refractivity (Wildman–Crippen MR) is 80.4 cm³/mol. The molecule has 2 rings (SSSR count). The van der Waals surface area contributed by atoms with Crippen LogP contribution in [0.2, 0.25) is 0 Å². The van der Waals surface area contributed by atoms with Gasteiger partial charge >= 0.3 is 0 Å². The molecule has 0 aliphatic rings. The largest absolute Gasteiger partial charge is 0.399 e. The standard InChI is InChI=1S/C13H18N4O3S/c1-9-6-11(16-20-9)8-17(3)12-5-4-10(14)7-13(12)21(18,19)15-2/h4-7,15H,8,14H2,1-3H3. The number of hydrogen-bond donors (Lipinski definition) is 2. The Balaban J connectivity index is 2.39. The first-order chi connectivity index (χ1) is 9.83. The van der Waals surface area contributed by atoms with E-state index in [1.807, 2.05) is 0 Å². The Morgan fingerprint density at radius 1 is 1.38 bits per heavy atom. The van der Waals surface area contributed by atoms with Gasteiger partial charge in [-0.2, -0.15) is 0 Å². The molecule has 8 heteroatoms. The second-order valence-electron chi connectivity index (χ2n) is 4.72. The quantitative estimate of drug-likeness (QED) is 0.802. The van der Waals surface area contributed by atoms with Gasteiger partial charge in [-0.25, -0.2) is 13.1 Å². The second kappa shape index (κ2) is 5.74. The highest BCUT2D eigenvalue weighted by Gasteiger charge is 2.20. The summed E-state index contributed by atoms with van der Waals surface area (Å²) in [5, 5.41) is 3.90. The predicted octanol–water partition coefficient (Wildman–Crippen LogP) is 1.11. The van der Waals surface area contributed by atoms with Crippen molar-refractivity contribution in [3.63, 3.8) is 0 Å². The number of aromatic nitrogens is 1.